The van der Waals surface area contributed by atoms with E-state index in [9.17, 15) is 4.39 Å². The predicted octanol–water partition coefficient (Wildman–Crippen LogP) is 7.68. The molecule has 0 aromatic heterocycles. The van der Waals surface area contributed by atoms with E-state index in [2.05, 4.69) is 25.3 Å². The molecule has 0 N–H and O–H groups in total. The summed E-state index contributed by atoms with van der Waals surface area (Å²) < 4.78 is 19.7. The maximum atomic E-state index is 14.3. The minimum Gasteiger partial charge on any atom is -0.486 e. The zero-order valence-corrected chi connectivity index (χ0v) is 17.8. The van der Waals surface area contributed by atoms with Crippen LogP contribution in [0.3, 0.4) is 0 Å². The molecule has 3 saturated carbocycles. The summed E-state index contributed by atoms with van der Waals surface area (Å²) in [5, 5.41) is 0. The van der Waals surface area contributed by atoms with Crippen LogP contribution in [0.25, 0.3) is 0 Å². The van der Waals surface area contributed by atoms with Gasteiger partial charge >= 0.3 is 0 Å². The van der Waals surface area contributed by atoms with Crippen LogP contribution in [0, 0.1) is 35.4 Å². The molecule has 29 heavy (non-hydrogen) atoms. The summed E-state index contributed by atoms with van der Waals surface area (Å²) in [7, 11) is 0. The third-order valence-corrected chi connectivity index (χ3v) is 8.25. The molecule has 2 heteroatoms. The normalized spacial score (nSPS) is 34.8. The Morgan fingerprint density at radius 3 is 2.21 bits per heavy atom. The molecule has 0 amide bonds. The van der Waals surface area contributed by atoms with Crippen LogP contribution >= 0.6 is 0 Å². The van der Waals surface area contributed by atoms with E-state index in [1.54, 1.807) is 18.2 Å². The number of ether oxygens (including phenoxy) is 1. The van der Waals surface area contributed by atoms with Crippen molar-refractivity contribution in [2.75, 3.05) is 6.61 Å². The van der Waals surface area contributed by atoms with Gasteiger partial charge in [0.05, 0.1) is 0 Å². The van der Waals surface area contributed by atoms with Crippen LogP contribution in [0.5, 0.6) is 5.75 Å². The maximum Gasteiger partial charge on any atom is 0.165 e. The van der Waals surface area contributed by atoms with E-state index in [4.69, 9.17) is 4.74 Å². The minimum atomic E-state index is -0.236. The second-order valence-electron chi connectivity index (χ2n) is 9.80. The topological polar surface area (TPSA) is 9.23 Å². The molecule has 4 atom stereocenters. The zero-order valence-electron chi connectivity index (χ0n) is 17.8. The lowest BCUT2D eigenvalue weighted by Gasteiger charge is -2.45. The molecular formula is C27H37FO. The van der Waals surface area contributed by atoms with Gasteiger partial charge in [-0.05, 0) is 117 Å². The van der Waals surface area contributed by atoms with E-state index in [0.29, 0.717) is 18.3 Å². The number of benzene rings is 1. The van der Waals surface area contributed by atoms with Crippen LogP contribution < -0.4 is 4.74 Å². The lowest BCUT2D eigenvalue weighted by molar-refractivity contribution is 0.0719. The minimum absolute atomic E-state index is 0.236. The number of fused-ring (bicyclic) bond motifs is 1. The summed E-state index contributed by atoms with van der Waals surface area (Å²) in [5.74, 6) is 5.15. The van der Waals surface area contributed by atoms with Crippen molar-refractivity contribution in [1.29, 1.82) is 0 Å². The fourth-order valence-electron chi connectivity index (χ4n) is 6.56. The van der Waals surface area contributed by atoms with Crippen molar-refractivity contribution in [3.05, 3.63) is 54.9 Å². The van der Waals surface area contributed by atoms with E-state index in [1.807, 2.05) is 0 Å². The van der Waals surface area contributed by atoms with Crippen molar-refractivity contribution in [2.24, 2.45) is 29.6 Å². The Kier molecular flexibility index (Phi) is 6.77. The number of hydrogen-bond donors (Lipinski definition) is 0. The molecule has 1 aromatic carbocycles. The van der Waals surface area contributed by atoms with Crippen molar-refractivity contribution in [1.82, 2.24) is 0 Å². The fourth-order valence-corrected chi connectivity index (χ4v) is 6.56. The van der Waals surface area contributed by atoms with Gasteiger partial charge in [-0.25, -0.2) is 4.39 Å². The molecule has 3 aliphatic rings. The monoisotopic (exact) mass is 396 g/mol. The third kappa shape index (κ3) is 4.78. The van der Waals surface area contributed by atoms with Gasteiger partial charge in [0.2, 0.25) is 0 Å². The summed E-state index contributed by atoms with van der Waals surface area (Å²) >= 11 is 0. The number of rotatable bonds is 6. The number of halogens is 1. The van der Waals surface area contributed by atoms with Gasteiger partial charge in [-0.3, -0.25) is 0 Å². The van der Waals surface area contributed by atoms with Gasteiger partial charge in [-0.2, -0.15) is 0 Å². The Bertz CT molecular complexity index is 702. The van der Waals surface area contributed by atoms with Gasteiger partial charge in [-0.15, -0.1) is 6.58 Å². The highest BCUT2D eigenvalue weighted by atomic mass is 19.1. The van der Waals surface area contributed by atoms with Gasteiger partial charge in [0.15, 0.2) is 11.6 Å². The zero-order chi connectivity index (χ0) is 20.2. The lowest BCUT2D eigenvalue weighted by Crippen LogP contribution is -2.34. The molecule has 1 nitrogen and oxygen atoms in total. The average Bonchev–Trinajstić information content (AvgIpc) is 2.77. The lowest BCUT2D eigenvalue weighted by atomic mass is 9.61. The van der Waals surface area contributed by atoms with Gasteiger partial charge in [0.25, 0.3) is 0 Å². The van der Waals surface area contributed by atoms with Gasteiger partial charge in [0.1, 0.15) is 6.61 Å². The molecule has 158 valence electrons. The first-order valence-electron chi connectivity index (χ1n) is 11.8. The average molecular weight is 397 g/mol. The van der Waals surface area contributed by atoms with Crippen LogP contribution in [-0.4, -0.2) is 6.61 Å². The highest BCUT2D eigenvalue weighted by molar-refractivity contribution is 5.31. The summed E-state index contributed by atoms with van der Waals surface area (Å²) in [5.41, 5.74) is 1.15. The van der Waals surface area contributed by atoms with Crippen molar-refractivity contribution >= 4 is 0 Å². The van der Waals surface area contributed by atoms with Crippen LogP contribution in [0.15, 0.2) is 43.5 Å². The van der Waals surface area contributed by atoms with E-state index >= 15 is 0 Å². The first-order valence-corrected chi connectivity index (χ1v) is 11.8. The predicted molar refractivity (Wildman–Crippen MR) is 119 cm³/mol. The molecule has 3 fully saturated rings. The van der Waals surface area contributed by atoms with E-state index in [0.717, 1.165) is 35.2 Å². The fraction of sp³-hybridized carbons (Fsp3) is 0.630. The Labute approximate surface area is 176 Å². The molecule has 0 heterocycles. The van der Waals surface area contributed by atoms with Crippen molar-refractivity contribution in [3.8, 4) is 5.75 Å². The first-order chi connectivity index (χ1) is 14.2. The smallest absolute Gasteiger partial charge is 0.165 e. The molecule has 0 spiro atoms. The molecule has 4 rings (SSSR count). The summed E-state index contributed by atoms with van der Waals surface area (Å²) in [6.07, 6.45) is 17.4. The Morgan fingerprint density at radius 1 is 0.862 bits per heavy atom. The van der Waals surface area contributed by atoms with Crippen LogP contribution in [0.2, 0.25) is 0 Å². The van der Waals surface area contributed by atoms with Crippen molar-refractivity contribution in [3.63, 3.8) is 0 Å². The van der Waals surface area contributed by atoms with Crippen molar-refractivity contribution < 1.29 is 9.13 Å². The molecule has 0 radical (unpaired) electrons. The summed E-state index contributed by atoms with van der Waals surface area (Å²) in [4.78, 5) is 0. The van der Waals surface area contributed by atoms with Gasteiger partial charge < -0.3 is 4.74 Å². The SMILES string of the molecule is C=CCOc1ccc(C2CCC(C3CCC4CC(C=C)CCC4C3)CC2)cc1F. The van der Waals surface area contributed by atoms with Gasteiger partial charge in [0, 0.05) is 0 Å². The molecular weight excluding hydrogens is 359 g/mol. The Balaban J connectivity index is 1.29. The van der Waals surface area contributed by atoms with Crippen LogP contribution in [0.1, 0.15) is 75.7 Å². The maximum absolute atomic E-state index is 14.3. The van der Waals surface area contributed by atoms with E-state index in [-0.39, 0.29) is 5.82 Å². The highest BCUT2D eigenvalue weighted by Crippen LogP contribution is 2.50. The number of hydrogen-bond acceptors (Lipinski definition) is 1. The van der Waals surface area contributed by atoms with E-state index < -0.39 is 0 Å². The van der Waals surface area contributed by atoms with Crippen LogP contribution in [0.4, 0.5) is 4.39 Å². The standard InChI is InChI=1S/C27H37FO/c1-3-15-29-27-14-13-25(18-26(27)28)21-9-7-20(8-10-21)23-12-11-22-16-19(4-2)5-6-24(22)17-23/h3-4,13-14,18-24H,1-2,5-12,15-17H2. The summed E-state index contributed by atoms with van der Waals surface area (Å²) in [6, 6.07) is 5.56. The Morgan fingerprint density at radius 2 is 1.52 bits per heavy atom. The van der Waals surface area contributed by atoms with Crippen LogP contribution in [-0.2, 0) is 0 Å². The number of allylic oxidation sites excluding steroid dienone is 1. The molecule has 4 unspecified atom stereocenters. The Hall–Kier alpha value is -1.57. The second kappa shape index (κ2) is 9.49. The molecule has 1 aromatic rings. The largest absolute Gasteiger partial charge is 0.486 e. The van der Waals surface area contributed by atoms with Crippen molar-refractivity contribution in [2.45, 2.75) is 70.1 Å². The van der Waals surface area contributed by atoms with Gasteiger partial charge in [-0.1, -0.05) is 24.8 Å². The molecule has 0 bridgehead atoms. The quantitative estimate of drug-likeness (QED) is 0.448. The molecule has 3 aliphatic carbocycles. The second-order valence-corrected chi connectivity index (χ2v) is 9.80. The third-order valence-electron chi connectivity index (χ3n) is 8.25. The first kappa shape index (κ1) is 20.7. The molecule has 0 aliphatic heterocycles. The van der Waals surface area contributed by atoms with E-state index in [1.165, 1.54) is 64.2 Å². The molecule has 0 saturated heterocycles. The summed E-state index contributed by atoms with van der Waals surface area (Å²) in [6.45, 7) is 8.00. The highest BCUT2D eigenvalue weighted by Gasteiger charge is 2.38.